The average Bonchev–Trinajstić information content (AvgIpc) is 2.26. The number of aliphatic hydroxyl groups excluding tert-OH is 1. The van der Waals surface area contributed by atoms with Crippen LogP contribution in [0.1, 0.15) is 13.8 Å². The molecule has 15 heavy (non-hydrogen) atoms. The standard InChI is InChI=1S/C11H18N2O2/c1-8(2)10(14)7-13-11-5-4-9(15-3)6-12-11/h4-6,8,10,14H,7H2,1-3H3,(H,12,13). The number of hydrogen-bond acceptors (Lipinski definition) is 4. The molecule has 0 spiro atoms. The van der Waals surface area contributed by atoms with E-state index >= 15 is 0 Å². The van der Waals surface area contributed by atoms with E-state index in [4.69, 9.17) is 4.74 Å². The summed E-state index contributed by atoms with van der Waals surface area (Å²) in [6.45, 7) is 4.47. The van der Waals surface area contributed by atoms with Gasteiger partial charge in [-0.2, -0.15) is 0 Å². The fourth-order valence-electron chi connectivity index (χ4n) is 1.05. The third kappa shape index (κ3) is 3.75. The Kier molecular flexibility index (Phi) is 4.37. The summed E-state index contributed by atoms with van der Waals surface area (Å²) < 4.78 is 4.99. The van der Waals surface area contributed by atoms with E-state index in [2.05, 4.69) is 10.3 Å². The van der Waals surface area contributed by atoms with Crippen molar-refractivity contribution in [3.8, 4) is 5.75 Å². The van der Waals surface area contributed by atoms with Crippen molar-refractivity contribution in [2.45, 2.75) is 20.0 Å². The van der Waals surface area contributed by atoms with E-state index in [-0.39, 0.29) is 12.0 Å². The van der Waals surface area contributed by atoms with Gasteiger partial charge in [-0.3, -0.25) is 0 Å². The Morgan fingerprint density at radius 3 is 2.67 bits per heavy atom. The predicted molar refractivity (Wildman–Crippen MR) is 60.1 cm³/mol. The number of pyridine rings is 1. The Morgan fingerprint density at radius 1 is 1.47 bits per heavy atom. The lowest BCUT2D eigenvalue weighted by molar-refractivity contribution is 0.138. The zero-order chi connectivity index (χ0) is 11.3. The minimum atomic E-state index is -0.353. The molecule has 0 saturated heterocycles. The number of aliphatic hydroxyl groups is 1. The molecule has 0 saturated carbocycles. The van der Waals surface area contributed by atoms with Crippen molar-refractivity contribution >= 4 is 5.82 Å². The molecule has 0 aliphatic rings. The molecule has 0 aliphatic carbocycles. The SMILES string of the molecule is COc1ccc(NCC(O)C(C)C)nc1. The molecule has 0 radical (unpaired) electrons. The van der Waals surface area contributed by atoms with Crippen molar-refractivity contribution in [1.82, 2.24) is 4.98 Å². The molecule has 1 rings (SSSR count). The summed E-state index contributed by atoms with van der Waals surface area (Å²) in [4.78, 5) is 4.13. The van der Waals surface area contributed by atoms with E-state index < -0.39 is 0 Å². The van der Waals surface area contributed by atoms with Gasteiger partial charge in [-0.25, -0.2) is 4.98 Å². The van der Waals surface area contributed by atoms with Crippen molar-refractivity contribution in [2.24, 2.45) is 5.92 Å². The molecule has 0 bridgehead atoms. The second-order valence-electron chi connectivity index (χ2n) is 3.78. The molecule has 1 unspecified atom stereocenters. The van der Waals surface area contributed by atoms with Crippen LogP contribution in [-0.2, 0) is 0 Å². The Labute approximate surface area is 90.3 Å². The van der Waals surface area contributed by atoms with Gasteiger partial charge in [0.05, 0.1) is 19.4 Å². The molecule has 0 fully saturated rings. The Hall–Kier alpha value is -1.29. The topological polar surface area (TPSA) is 54.4 Å². The smallest absolute Gasteiger partial charge is 0.137 e. The summed E-state index contributed by atoms with van der Waals surface area (Å²) in [5.41, 5.74) is 0. The summed E-state index contributed by atoms with van der Waals surface area (Å²) in [5.74, 6) is 1.72. The molecule has 1 heterocycles. The van der Waals surface area contributed by atoms with E-state index in [9.17, 15) is 5.11 Å². The second kappa shape index (κ2) is 5.56. The van der Waals surface area contributed by atoms with Crippen LogP contribution in [0.4, 0.5) is 5.82 Å². The summed E-state index contributed by atoms with van der Waals surface area (Å²) in [6, 6.07) is 3.66. The lowest BCUT2D eigenvalue weighted by Gasteiger charge is -2.15. The van der Waals surface area contributed by atoms with Gasteiger partial charge in [0.1, 0.15) is 11.6 Å². The molecule has 1 aromatic rings. The van der Waals surface area contributed by atoms with Gasteiger partial charge >= 0.3 is 0 Å². The number of anilines is 1. The van der Waals surface area contributed by atoms with E-state index in [0.717, 1.165) is 11.6 Å². The van der Waals surface area contributed by atoms with Crippen molar-refractivity contribution in [3.63, 3.8) is 0 Å². The minimum Gasteiger partial charge on any atom is -0.495 e. The van der Waals surface area contributed by atoms with Crippen LogP contribution in [0, 0.1) is 5.92 Å². The monoisotopic (exact) mass is 210 g/mol. The summed E-state index contributed by atoms with van der Waals surface area (Å²) >= 11 is 0. The van der Waals surface area contributed by atoms with Crippen molar-refractivity contribution in [1.29, 1.82) is 0 Å². The van der Waals surface area contributed by atoms with Gasteiger partial charge in [0.15, 0.2) is 0 Å². The molecule has 1 atom stereocenters. The molecule has 1 aromatic heterocycles. The van der Waals surface area contributed by atoms with Crippen LogP contribution in [0.5, 0.6) is 5.75 Å². The maximum atomic E-state index is 9.57. The van der Waals surface area contributed by atoms with Crippen LogP contribution >= 0.6 is 0 Å². The summed E-state index contributed by atoms with van der Waals surface area (Å²) in [7, 11) is 1.60. The lowest BCUT2D eigenvalue weighted by atomic mass is 10.1. The fraction of sp³-hybridized carbons (Fsp3) is 0.545. The Balaban J connectivity index is 2.44. The summed E-state index contributed by atoms with van der Waals surface area (Å²) in [6.07, 6.45) is 1.29. The number of ether oxygens (including phenoxy) is 1. The van der Waals surface area contributed by atoms with Crippen LogP contribution in [0.25, 0.3) is 0 Å². The number of methoxy groups -OCH3 is 1. The number of rotatable bonds is 5. The second-order valence-corrected chi connectivity index (χ2v) is 3.78. The number of hydrogen-bond donors (Lipinski definition) is 2. The van der Waals surface area contributed by atoms with Gasteiger partial charge in [0, 0.05) is 6.54 Å². The quantitative estimate of drug-likeness (QED) is 0.773. The lowest BCUT2D eigenvalue weighted by Crippen LogP contribution is -2.25. The zero-order valence-corrected chi connectivity index (χ0v) is 9.40. The van der Waals surface area contributed by atoms with Gasteiger partial charge < -0.3 is 15.2 Å². The van der Waals surface area contributed by atoms with E-state index in [1.807, 2.05) is 26.0 Å². The first kappa shape index (κ1) is 11.8. The Bertz CT molecular complexity index is 285. The van der Waals surface area contributed by atoms with Crippen LogP contribution in [0.2, 0.25) is 0 Å². The van der Waals surface area contributed by atoms with Crippen LogP contribution in [-0.4, -0.2) is 29.8 Å². The first-order valence-electron chi connectivity index (χ1n) is 5.05. The number of nitrogens with one attached hydrogen (secondary N) is 1. The Morgan fingerprint density at radius 2 is 2.20 bits per heavy atom. The first-order valence-corrected chi connectivity index (χ1v) is 5.05. The highest BCUT2D eigenvalue weighted by Crippen LogP contribution is 2.11. The van der Waals surface area contributed by atoms with Crippen LogP contribution in [0.3, 0.4) is 0 Å². The maximum absolute atomic E-state index is 9.57. The predicted octanol–water partition coefficient (Wildman–Crippen LogP) is 1.52. The number of nitrogens with zero attached hydrogens (tertiary/aromatic N) is 1. The van der Waals surface area contributed by atoms with Crippen molar-refractivity contribution in [2.75, 3.05) is 19.0 Å². The van der Waals surface area contributed by atoms with Gasteiger partial charge in [-0.05, 0) is 18.1 Å². The molecule has 4 nitrogen and oxygen atoms in total. The molecule has 4 heteroatoms. The van der Waals surface area contributed by atoms with Gasteiger partial charge in [0.25, 0.3) is 0 Å². The van der Waals surface area contributed by atoms with Crippen LogP contribution < -0.4 is 10.1 Å². The molecule has 2 N–H and O–H groups in total. The first-order chi connectivity index (χ1) is 7.13. The summed E-state index contributed by atoms with van der Waals surface area (Å²) in [5, 5.41) is 12.6. The molecule has 0 aliphatic heterocycles. The highest BCUT2D eigenvalue weighted by atomic mass is 16.5. The van der Waals surface area contributed by atoms with Gasteiger partial charge in [-0.15, -0.1) is 0 Å². The molecule has 84 valence electrons. The maximum Gasteiger partial charge on any atom is 0.137 e. The molecular weight excluding hydrogens is 192 g/mol. The fourth-order valence-corrected chi connectivity index (χ4v) is 1.05. The van der Waals surface area contributed by atoms with E-state index in [1.165, 1.54) is 0 Å². The van der Waals surface area contributed by atoms with E-state index in [0.29, 0.717) is 6.54 Å². The highest BCUT2D eigenvalue weighted by molar-refractivity contribution is 5.37. The third-order valence-electron chi connectivity index (χ3n) is 2.23. The third-order valence-corrected chi connectivity index (χ3v) is 2.23. The minimum absolute atomic E-state index is 0.246. The van der Waals surface area contributed by atoms with E-state index in [1.54, 1.807) is 13.3 Å². The zero-order valence-electron chi connectivity index (χ0n) is 9.40. The van der Waals surface area contributed by atoms with Gasteiger partial charge in [0.2, 0.25) is 0 Å². The number of aromatic nitrogens is 1. The van der Waals surface area contributed by atoms with Gasteiger partial charge in [-0.1, -0.05) is 13.8 Å². The average molecular weight is 210 g/mol. The molecular formula is C11H18N2O2. The largest absolute Gasteiger partial charge is 0.495 e. The van der Waals surface area contributed by atoms with Crippen molar-refractivity contribution < 1.29 is 9.84 Å². The van der Waals surface area contributed by atoms with Crippen LogP contribution in [0.15, 0.2) is 18.3 Å². The highest BCUT2D eigenvalue weighted by Gasteiger charge is 2.08. The normalized spacial score (nSPS) is 12.6. The molecule has 0 aromatic carbocycles. The van der Waals surface area contributed by atoms with Crippen molar-refractivity contribution in [3.05, 3.63) is 18.3 Å². The molecule has 0 amide bonds.